The maximum Gasteiger partial charge on any atom is 0.233 e. The summed E-state index contributed by atoms with van der Waals surface area (Å²) in [6.07, 6.45) is 1.54. The number of nitrogens with zero attached hydrogens (tertiary/aromatic N) is 2. The molecule has 108 valence electrons. The van der Waals surface area contributed by atoms with E-state index in [4.69, 9.17) is 9.15 Å². The van der Waals surface area contributed by atoms with Gasteiger partial charge in [0.2, 0.25) is 11.8 Å². The highest BCUT2D eigenvalue weighted by atomic mass is 16.5. The molecule has 0 saturated carbocycles. The number of benzene rings is 1. The Bertz CT molecular complexity index is 499. The average Bonchev–Trinajstić information content (AvgIpc) is 2.94. The lowest BCUT2D eigenvalue weighted by Gasteiger charge is -2.10. The second-order valence-corrected chi connectivity index (χ2v) is 4.46. The molecule has 0 aliphatic carbocycles. The Kier molecular flexibility index (Phi) is 5.55. The lowest BCUT2D eigenvalue weighted by molar-refractivity contribution is 0.299. The first-order valence-corrected chi connectivity index (χ1v) is 7.07. The molecule has 1 N–H and O–H groups in total. The minimum absolute atomic E-state index is 0.135. The van der Waals surface area contributed by atoms with Crippen molar-refractivity contribution in [2.24, 2.45) is 0 Å². The molecule has 0 radical (unpaired) electrons. The monoisotopic (exact) mass is 275 g/mol. The quantitative estimate of drug-likeness (QED) is 0.802. The largest absolute Gasteiger partial charge is 0.493 e. The summed E-state index contributed by atoms with van der Waals surface area (Å²) < 4.78 is 11.3. The van der Waals surface area contributed by atoms with Gasteiger partial charge in [-0.1, -0.05) is 32.0 Å². The normalized spacial score (nSPS) is 12.3. The van der Waals surface area contributed by atoms with Crippen molar-refractivity contribution in [3.8, 4) is 5.75 Å². The van der Waals surface area contributed by atoms with Crippen LogP contribution in [0.25, 0.3) is 0 Å². The van der Waals surface area contributed by atoms with Crippen LogP contribution in [0.4, 0.5) is 0 Å². The Balaban J connectivity index is 1.83. The standard InChI is InChI=1S/C15H21N3O2/c1-3-13(16-4-2)15-18-17-14(20-15)10-11-19-12-8-6-5-7-9-12/h5-9,13,16H,3-4,10-11H2,1-2H3. The molecule has 20 heavy (non-hydrogen) atoms. The van der Waals surface area contributed by atoms with Crippen LogP contribution in [0, 0.1) is 0 Å². The van der Waals surface area contributed by atoms with Gasteiger partial charge in [0.05, 0.1) is 19.1 Å². The summed E-state index contributed by atoms with van der Waals surface area (Å²) in [5.41, 5.74) is 0. The van der Waals surface area contributed by atoms with Gasteiger partial charge in [-0.05, 0) is 25.1 Å². The molecule has 2 aromatic rings. The van der Waals surface area contributed by atoms with Crippen LogP contribution in [0.2, 0.25) is 0 Å². The Morgan fingerprint density at radius 2 is 2.00 bits per heavy atom. The molecule has 1 aromatic heterocycles. The van der Waals surface area contributed by atoms with E-state index in [9.17, 15) is 0 Å². The van der Waals surface area contributed by atoms with E-state index in [2.05, 4.69) is 29.4 Å². The van der Waals surface area contributed by atoms with Crippen molar-refractivity contribution in [3.63, 3.8) is 0 Å². The summed E-state index contributed by atoms with van der Waals surface area (Å²) in [5.74, 6) is 2.13. The molecule has 1 atom stereocenters. The zero-order chi connectivity index (χ0) is 14.2. The Morgan fingerprint density at radius 1 is 1.20 bits per heavy atom. The molecule has 5 heteroatoms. The molecule has 0 spiro atoms. The summed E-state index contributed by atoms with van der Waals surface area (Å²) in [6, 6.07) is 9.85. The molecule has 1 aromatic carbocycles. The predicted octanol–water partition coefficient (Wildman–Crippen LogP) is 2.75. The minimum atomic E-state index is 0.135. The Labute approximate surface area is 119 Å². The first kappa shape index (κ1) is 14.5. The van der Waals surface area contributed by atoms with Crippen LogP contribution in [0.5, 0.6) is 5.75 Å². The van der Waals surface area contributed by atoms with Gasteiger partial charge in [-0.2, -0.15) is 0 Å². The second-order valence-electron chi connectivity index (χ2n) is 4.46. The predicted molar refractivity (Wildman–Crippen MR) is 76.6 cm³/mol. The van der Waals surface area contributed by atoms with E-state index in [-0.39, 0.29) is 6.04 Å². The zero-order valence-electron chi connectivity index (χ0n) is 12.0. The molecular formula is C15H21N3O2. The SMILES string of the molecule is CCNC(CC)c1nnc(CCOc2ccccc2)o1. The molecule has 0 aliphatic rings. The highest BCUT2D eigenvalue weighted by Crippen LogP contribution is 2.15. The molecule has 1 heterocycles. The van der Waals surface area contributed by atoms with E-state index in [0.29, 0.717) is 24.8 Å². The molecule has 1 unspecified atom stereocenters. The third-order valence-corrected chi connectivity index (χ3v) is 2.97. The number of hydrogen-bond donors (Lipinski definition) is 1. The van der Waals surface area contributed by atoms with Gasteiger partial charge in [0.1, 0.15) is 5.75 Å². The van der Waals surface area contributed by atoms with Gasteiger partial charge >= 0.3 is 0 Å². The summed E-state index contributed by atoms with van der Waals surface area (Å²) in [7, 11) is 0. The first-order chi connectivity index (χ1) is 9.83. The van der Waals surface area contributed by atoms with Crippen LogP contribution >= 0.6 is 0 Å². The van der Waals surface area contributed by atoms with Crippen LogP contribution < -0.4 is 10.1 Å². The van der Waals surface area contributed by atoms with Gasteiger partial charge in [0.25, 0.3) is 0 Å². The smallest absolute Gasteiger partial charge is 0.233 e. The zero-order valence-corrected chi connectivity index (χ0v) is 12.0. The van der Waals surface area contributed by atoms with E-state index >= 15 is 0 Å². The first-order valence-electron chi connectivity index (χ1n) is 7.07. The number of ether oxygens (including phenoxy) is 1. The van der Waals surface area contributed by atoms with Crippen LogP contribution in [0.1, 0.15) is 38.1 Å². The number of aromatic nitrogens is 2. The van der Waals surface area contributed by atoms with Crippen molar-refractivity contribution in [1.29, 1.82) is 0 Å². The van der Waals surface area contributed by atoms with E-state index in [1.165, 1.54) is 0 Å². The van der Waals surface area contributed by atoms with Gasteiger partial charge in [0.15, 0.2) is 0 Å². The molecule has 0 saturated heterocycles. The van der Waals surface area contributed by atoms with Crippen molar-refractivity contribution in [2.45, 2.75) is 32.7 Å². The summed E-state index contributed by atoms with van der Waals surface area (Å²) in [4.78, 5) is 0. The lowest BCUT2D eigenvalue weighted by Crippen LogP contribution is -2.20. The number of rotatable bonds is 8. The molecule has 5 nitrogen and oxygen atoms in total. The fraction of sp³-hybridized carbons (Fsp3) is 0.467. The fourth-order valence-corrected chi connectivity index (χ4v) is 1.93. The van der Waals surface area contributed by atoms with Crippen LogP contribution in [0.3, 0.4) is 0 Å². The van der Waals surface area contributed by atoms with E-state index in [1.807, 2.05) is 30.3 Å². The Hall–Kier alpha value is -1.88. The molecular weight excluding hydrogens is 254 g/mol. The summed E-state index contributed by atoms with van der Waals surface area (Å²) in [5, 5.41) is 11.5. The summed E-state index contributed by atoms with van der Waals surface area (Å²) in [6.45, 7) is 5.57. The molecule has 0 fully saturated rings. The fourth-order valence-electron chi connectivity index (χ4n) is 1.93. The van der Waals surface area contributed by atoms with Crippen molar-refractivity contribution in [2.75, 3.05) is 13.2 Å². The number of hydrogen-bond acceptors (Lipinski definition) is 5. The molecule has 2 rings (SSSR count). The molecule has 0 aliphatic heterocycles. The van der Waals surface area contributed by atoms with Crippen molar-refractivity contribution in [1.82, 2.24) is 15.5 Å². The highest BCUT2D eigenvalue weighted by Gasteiger charge is 2.15. The Morgan fingerprint density at radius 3 is 2.70 bits per heavy atom. The highest BCUT2D eigenvalue weighted by molar-refractivity contribution is 5.20. The number of para-hydroxylation sites is 1. The third kappa shape index (κ3) is 4.06. The van der Waals surface area contributed by atoms with E-state index < -0.39 is 0 Å². The van der Waals surface area contributed by atoms with Crippen LogP contribution in [-0.2, 0) is 6.42 Å². The van der Waals surface area contributed by atoms with Gasteiger partial charge in [-0.15, -0.1) is 10.2 Å². The van der Waals surface area contributed by atoms with Crippen LogP contribution in [-0.4, -0.2) is 23.3 Å². The summed E-state index contributed by atoms with van der Waals surface area (Å²) >= 11 is 0. The maximum atomic E-state index is 5.66. The second kappa shape index (κ2) is 7.65. The average molecular weight is 275 g/mol. The van der Waals surface area contributed by atoms with E-state index in [0.717, 1.165) is 18.7 Å². The van der Waals surface area contributed by atoms with Gasteiger partial charge in [-0.3, -0.25) is 0 Å². The minimum Gasteiger partial charge on any atom is -0.493 e. The van der Waals surface area contributed by atoms with Gasteiger partial charge in [0, 0.05) is 0 Å². The van der Waals surface area contributed by atoms with Crippen molar-refractivity contribution < 1.29 is 9.15 Å². The molecule has 0 amide bonds. The van der Waals surface area contributed by atoms with Crippen molar-refractivity contribution in [3.05, 3.63) is 42.1 Å². The third-order valence-electron chi connectivity index (χ3n) is 2.97. The van der Waals surface area contributed by atoms with Gasteiger partial charge in [-0.25, -0.2) is 0 Å². The van der Waals surface area contributed by atoms with E-state index in [1.54, 1.807) is 0 Å². The lowest BCUT2D eigenvalue weighted by atomic mass is 10.2. The molecule has 0 bridgehead atoms. The topological polar surface area (TPSA) is 60.2 Å². The maximum absolute atomic E-state index is 5.66. The van der Waals surface area contributed by atoms with Crippen molar-refractivity contribution >= 4 is 0 Å². The number of nitrogens with one attached hydrogen (secondary N) is 1. The van der Waals surface area contributed by atoms with Gasteiger partial charge < -0.3 is 14.5 Å². The van der Waals surface area contributed by atoms with Crippen LogP contribution in [0.15, 0.2) is 34.7 Å².